The van der Waals surface area contributed by atoms with Crippen molar-refractivity contribution in [2.75, 3.05) is 38.8 Å². The maximum absolute atomic E-state index is 12.7. The SMILES string of the molecule is COC[C@H](C)NC(=O)c1c[nH]c2ncc(-c3cccc(N4CCC(OC)C4)c3)nc12. The van der Waals surface area contributed by atoms with Crippen LogP contribution >= 0.6 is 0 Å². The number of aromatic nitrogens is 3. The number of nitrogens with one attached hydrogen (secondary N) is 2. The number of rotatable bonds is 7. The van der Waals surface area contributed by atoms with Gasteiger partial charge < -0.3 is 24.7 Å². The Bertz CT molecular complexity index is 1030. The molecule has 1 aliphatic heterocycles. The van der Waals surface area contributed by atoms with E-state index in [1.54, 1.807) is 26.6 Å². The highest BCUT2D eigenvalue weighted by molar-refractivity contribution is 6.04. The number of hydrogen-bond donors (Lipinski definition) is 2. The highest BCUT2D eigenvalue weighted by Gasteiger charge is 2.23. The highest BCUT2D eigenvalue weighted by atomic mass is 16.5. The minimum Gasteiger partial charge on any atom is -0.383 e. The Morgan fingerprint density at radius 2 is 2.27 bits per heavy atom. The van der Waals surface area contributed by atoms with Gasteiger partial charge in [-0.05, 0) is 25.5 Å². The van der Waals surface area contributed by atoms with E-state index in [4.69, 9.17) is 14.5 Å². The van der Waals surface area contributed by atoms with Crippen LogP contribution in [0.3, 0.4) is 0 Å². The van der Waals surface area contributed by atoms with Crippen LogP contribution in [0.4, 0.5) is 5.69 Å². The fourth-order valence-corrected chi connectivity index (χ4v) is 3.81. The third-order valence-corrected chi connectivity index (χ3v) is 5.41. The quantitative estimate of drug-likeness (QED) is 0.623. The zero-order valence-electron chi connectivity index (χ0n) is 17.5. The van der Waals surface area contributed by atoms with E-state index in [1.165, 1.54) is 0 Å². The molecule has 1 unspecified atom stereocenters. The number of hydrogen-bond acceptors (Lipinski definition) is 6. The van der Waals surface area contributed by atoms with Crippen molar-refractivity contribution < 1.29 is 14.3 Å². The molecule has 0 aliphatic carbocycles. The molecule has 1 aliphatic rings. The third kappa shape index (κ3) is 4.15. The average molecular weight is 409 g/mol. The van der Waals surface area contributed by atoms with Crippen molar-refractivity contribution in [3.63, 3.8) is 0 Å². The summed E-state index contributed by atoms with van der Waals surface area (Å²) in [4.78, 5) is 27.2. The minimum atomic E-state index is -0.200. The molecule has 158 valence electrons. The second-order valence-corrected chi connectivity index (χ2v) is 7.63. The first-order valence-electron chi connectivity index (χ1n) is 10.1. The van der Waals surface area contributed by atoms with Gasteiger partial charge in [-0.1, -0.05) is 12.1 Å². The Kier molecular flexibility index (Phi) is 5.96. The molecule has 3 heterocycles. The van der Waals surface area contributed by atoms with E-state index in [0.717, 1.165) is 36.5 Å². The third-order valence-electron chi connectivity index (χ3n) is 5.41. The largest absolute Gasteiger partial charge is 0.383 e. The summed E-state index contributed by atoms with van der Waals surface area (Å²) < 4.78 is 10.6. The summed E-state index contributed by atoms with van der Waals surface area (Å²) in [6.07, 6.45) is 4.67. The first-order chi connectivity index (χ1) is 14.6. The fraction of sp³-hybridized carbons (Fsp3) is 0.409. The minimum absolute atomic E-state index is 0.100. The molecule has 3 aromatic rings. The summed E-state index contributed by atoms with van der Waals surface area (Å²) in [5, 5.41) is 2.92. The Hall–Kier alpha value is -2.97. The van der Waals surface area contributed by atoms with Gasteiger partial charge >= 0.3 is 0 Å². The molecule has 2 aromatic heterocycles. The van der Waals surface area contributed by atoms with E-state index in [1.807, 2.05) is 19.1 Å². The second-order valence-electron chi connectivity index (χ2n) is 7.63. The second kappa shape index (κ2) is 8.81. The Balaban J connectivity index is 1.61. The van der Waals surface area contributed by atoms with Gasteiger partial charge in [0.1, 0.15) is 5.52 Å². The van der Waals surface area contributed by atoms with Gasteiger partial charge in [-0.2, -0.15) is 0 Å². The van der Waals surface area contributed by atoms with Crippen molar-refractivity contribution in [2.45, 2.75) is 25.5 Å². The normalized spacial score (nSPS) is 17.4. The van der Waals surface area contributed by atoms with E-state index in [2.05, 4.69) is 32.3 Å². The molecule has 8 heteroatoms. The number of benzene rings is 1. The van der Waals surface area contributed by atoms with E-state index in [0.29, 0.717) is 23.3 Å². The van der Waals surface area contributed by atoms with Crippen LogP contribution in [-0.4, -0.2) is 66.9 Å². The van der Waals surface area contributed by atoms with Gasteiger partial charge in [-0.15, -0.1) is 0 Å². The van der Waals surface area contributed by atoms with Gasteiger partial charge in [0.25, 0.3) is 5.91 Å². The summed E-state index contributed by atoms with van der Waals surface area (Å²) >= 11 is 0. The average Bonchev–Trinajstić information content (AvgIpc) is 3.40. The van der Waals surface area contributed by atoms with E-state index in [-0.39, 0.29) is 18.1 Å². The molecule has 4 rings (SSSR count). The predicted molar refractivity (Wildman–Crippen MR) is 116 cm³/mol. The van der Waals surface area contributed by atoms with Gasteiger partial charge in [-0.25, -0.2) is 9.97 Å². The van der Waals surface area contributed by atoms with Crippen LogP contribution in [0.15, 0.2) is 36.7 Å². The van der Waals surface area contributed by atoms with Crippen molar-refractivity contribution in [3.05, 3.63) is 42.2 Å². The zero-order valence-corrected chi connectivity index (χ0v) is 17.5. The number of ether oxygens (including phenoxy) is 2. The first-order valence-corrected chi connectivity index (χ1v) is 10.1. The van der Waals surface area contributed by atoms with Gasteiger partial charge in [0.15, 0.2) is 5.65 Å². The maximum Gasteiger partial charge on any atom is 0.255 e. The Labute approximate surface area is 175 Å². The van der Waals surface area contributed by atoms with Crippen molar-refractivity contribution >= 4 is 22.8 Å². The molecular weight excluding hydrogens is 382 g/mol. The molecule has 1 fully saturated rings. The first kappa shape index (κ1) is 20.3. The van der Waals surface area contributed by atoms with E-state index >= 15 is 0 Å². The lowest BCUT2D eigenvalue weighted by atomic mass is 10.1. The molecule has 1 aromatic carbocycles. The van der Waals surface area contributed by atoms with Crippen LogP contribution in [0, 0.1) is 0 Å². The molecular formula is C22H27N5O3. The van der Waals surface area contributed by atoms with Crippen LogP contribution in [0.1, 0.15) is 23.7 Å². The summed E-state index contributed by atoms with van der Waals surface area (Å²) in [6, 6.07) is 8.14. The maximum atomic E-state index is 12.7. The number of anilines is 1. The Morgan fingerprint density at radius 3 is 3.03 bits per heavy atom. The summed E-state index contributed by atoms with van der Waals surface area (Å²) in [5.41, 5.74) is 4.44. The standard InChI is InChI=1S/C22H27N5O3/c1-14(13-29-2)25-22(28)18-10-23-21-20(18)26-19(11-24-21)15-5-4-6-16(9-15)27-8-7-17(12-27)30-3/h4-6,9-11,14,17H,7-8,12-13H2,1-3H3,(H,23,24)(H,25,28)/t14-,17?/m0/s1. The van der Waals surface area contributed by atoms with Crippen molar-refractivity contribution in [1.29, 1.82) is 0 Å². The lowest BCUT2D eigenvalue weighted by molar-refractivity contribution is 0.0907. The Morgan fingerprint density at radius 1 is 1.40 bits per heavy atom. The number of carbonyl (C=O) groups is 1. The van der Waals surface area contributed by atoms with E-state index < -0.39 is 0 Å². The molecule has 30 heavy (non-hydrogen) atoms. The van der Waals surface area contributed by atoms with Gasteiger partial charge in [0.2, 0.25) is 0 Å². The van der Waals surface area contributed by atoms with E-state index in [9.17, 15) is 4.79 Å². The predicted octanol–water partition coefficient (Wildman–Crippen LogP) is 2.61. The number of aromatic amines is 1. The molecule has 0 radical (unpaired) electrons. The summed E-state index contributed by atoms with van der Waals surface area (Å²) in [6.45, 7) is 4.19. The lowest BCUT2D eigenvalue weighted by Gasteiger charge is -2.19. The molecule has 1 saturated heterocycles. The van der Waals surface area contributed by atoms with Crippen LogP contribution in [-0.2, 0) is 9.47 Å². The van der Waals surface area contributed by atoms with Crippen LogP contribution < -0.4 is 10.2 Å². The zero-order chi connectivity index (χ0) is 21.1. The highest BCUT2D eigenvalue weighted by Crippen LogP contribution is 2.27. The number of carbonyl (C=O) groups excluding carboxylic acids is 1. The molecule has 0 saturated carbocycles. The van der Waals surface area contributed by atoms with Crippen LogP contribution in [0.5, 0.6) is 0 Å². The van der Waals surface area contributed by atoms with Gasteiger partial charge in [-0.3, -0.25) is 4.79 Å². The monoisotopic (exact) mass is 409 g/mol. The van der Waals surface area contributed by atoms with Crippen molar-refractivity contribution in [3.8, 4) is 11.3 Å². The smallest absolute Gasteiger partial charge is 0.255 e. The number of amides is 1. The lowest BCUT2D eigenvalue weighted by Crippen LogP contribution is -2.35. The van der Waals surface area contributed by atoms with Crippen LogP contribution in [0.25, 0.3) is 22.4 Å². The van der Waals surface area contributed by atoms with Crippen molar-refractivity contribution in [2.24, 2.45) is 0 Å². The number of fused-ring (bicyclic) bond motifs is 1. The molecule has 2 atom stereocenters. The number of nitrogens with zero attached hydrogens (tertiary/aromatic N) is 3. The van der Waals surface area contributed by atoms with Gasteiger partial charge in [0.05, 0.1) is 30.2 Å². The molecule has 8 nitrogen and oxygen atoms in total. The molecule has 1 amide bonds. The molecule has 0 spiro atoms. The number of methoxy groups -OCH3 is 2. The number of H-pyrrole nitrogens is 1. The summed E-state index contributed by atoms with van der Waals surface area (Å²) in [5.74, 6) is -0.200. The fourth-order valence-electron chi connectivity index (χ4n) is 3.81. The summed E-state index contributed by atoms with van der Waals surface area (Å²) in [7, 11) is 3.37. The molecule has 0 bridgehead atoms. The van der Waals surface area contributed by atoms with Gasteiger partial charge in [0, 0.05) is 50.8 Å². The topological polar surface area (TPSA) is 92.4 Å². The van der Waals surface area contributed by atoms with Crippen LogP contribution in [0.2, 0.25) is 0 Å². The molecule has 2 N–H and O–H groups in total. The van der Waals surface area contributed by atoms with Crippen molar-refractivity contribution in [1.82, 2.24) is 20.3 Å².